The highest BCUT2D eigenvalue weighted by molar-refractivity contribution is 5.57. The van der Waals surface area contributed by atoms with Crippen LogP contribution in [0.4, 0.5) is 10.2 Å². The van der Waals surface area contributed by atoms with Crippen molar-refractivity contribution in [1.29, 1.82) is 0 Å². The van der Waals surface area contributed by atoms with Gasteiger partial charge in [-0.15, -0.1) is 5.10 Å². The van der Waals surface area contributed by atoms with Crippen molar-refractivity contribution in [2.45, 2.75) is 18.5 Å². The Bertz CT molecular complexity index is 1180. The third-order valence-corrected chi connectivity index (χ3v) is 5.46. The van der Waals surface area contributed by atoms with Crippen molar-refractivity contribution < 1.29 is 4.39 Å². The molecule has 0 aliphatic carbocycles. The van der Waals surface area contributed by atoms with Crippen molar-refractivity contribution in [1.82, 2.24) is 35.1 Å². The molecule has 6 rings (SSSR count). The van der Waals surface area contributed by atoms with E-state index in [1.807, 2.05) is 6.07 Å². The number of hydrogen-bond acceptors (Lipinski definition) is 6. The van der Waals surface area contributed by atoms with Crippen LogP contribution in [0.3, 0.4) is 0 Å². The van der Waals surface area contributed by atoms with Crippen LogP contribution in [0.25, 0.3) is 5.52 Å². The first-order valence-electron chi connectivity index (χ1n) is 9.27. The fourth-order valence-electron chi connectivity index (χ4n) is 4.05. The number of halogens is 1. The molecule has 1 unspecified atom stereocenters. The standard InChI is InChI=1S/C19H17FN8/c20-12-2-1-6-28-16(12)8-14(26-28)18-17-13(22-10-23-17)4-7-27(18)19-11(15-9-21-15)3-5-24-25-19/h1-3,5-6,8,10,15,18,21H,4,7,9H2,(H,22,23)/t15?,18-/m1/s1. The maximum atomic E-state index is 14.3. The molecule has 0 bridgehead atoms. The van der Waals surface area contributed by atoms with E-state index in [1.165, 1.54) is 6.07 Å². The lowest BCUT2D eigenvalue weighted by Gasteiger charge is -2.35. The van der Waals surface area contributed by atoms with Crippen molar-refractivity contribution in [3.8, 4) is 0 Å². The topological polar surface area (TPSA) is 96.9 Å². The van der Waals surface area contributed by atoms with Crippen LogP contribution in [-0.4, -0.2) is 42.9 Å². The summed E-state index contributed by atoms with van der Waals surface area (Å²) in [5.41, 5.74) is 4.28. The van der Waals surface area contributed by atoms with E-state index in [4.69, 9.17) is 0 Å². The second-order valence-corrected chi connectivity index (χ2v) is 7.14. The molecule has 0 spiro atoms. The third-order valence-electron chi connectivity index (χ3n) is 5.46. The van der Waals surface area contributed by atoms with Crippen LogP contribution in [0, 0.1) is 5.82 Å². The number of aromatic amines is 1. The molecule has 2 aliphatic rings. The Kier molecular flexibility index (Phi) is 3.27. The zero-order chi connectivity index (χ0) is 18.7. The number of fused-ring (bicyclic) bond motifs is 2. The lowest BCUT2D eigenvalue weighted by molar-refractivity contribution is 0.602. The van der Waals surface area contributed by atoms with Gasteiger partial charge in [0.15, 0.2) is 5.82 Å². The van der Waals surface area contributed by atoms with Crippen molar-refractivity contribution in [3.05, 3.63) is 71.4 Å². The summed E-state index contributed by atoms with van der Waals surface area (Å²) >= 11 is 0. The largest absolute Gasteiger partial charge is 0.348 e. The first-order chi connectivity index (χ1) is 13.8. The Morgan fingerprint density at radius 3 is 3.04 bits per heavy atom. The monoisotopic (exact) mass is 376 g/mol. The van der Waals surface area contributed by atoms with Gasteiger partial charge in [0, 0.05) is 43.0 Å². The second kappa shape index (κ2) is 5.83. The second-order valence-electron chi connectivity index (χ2n) is 7.14. The highest BCUT2D eigenvalue weighted by atomic mass is 19.1. The summed E-state index contributed by atoms with van der Waals surface area (Å²) in [6, 6.07) is 6.93. The van der Waals surface area contributed by atoms with Crippen LogP contribution in [0.15, 0.2) is 43.0 Å². The molecule has 2 atom stereocenters. The summed E-state index contributed by atoms with van der Waals surface area (Å²) in [7, 11) is 0. The SMILES string of the molecule is Fc1cccn2nc([C@@H]3c4nc[nH]c4CCN3c3nnccc3C3CN3)cc12. The summed E-state index contributed by atoms with van der Waals surface area (Å²) in [6.07, 6.45) is 6.00. The lowest BCUT2D eigenvalue weighted by Crippen LogP contribution is -2.38. The molecule has 8 nitrogen and oxygen atoms in total. The molecule has 0 aromatic carbocycles. The van der Waals surface area contributed by atoms with Crippen molar-refractivity contribution >= 4 is 11.3 Å². The molecule has 0 saturated carbocycles. The van der Waals surface area contributed by atoms with Gasteiger partial charge in [-0.2, -0.15) is 10.2 Å². The zero-order valence-corrected chi connectivity index (χ0v) is 14.9. The van der Waals surface area contributed by atoms with Gasteiger partial charge < -0.3 is 15.2 Å². The van der Waals surface area contributed by atoms with Crippen LogP contribution in [0.5, 0.6) is 0 Å². The summed E-state index contributed by atoms with van der Waals surface area (Å²) in [5, 5.41) is 16.6. The average Bonchev–Trinajstić information content (AvgIpc) is 3.29. The quantitative estimate of drug-likeness (QED) is 0.529. The van der Waals surface area contributed by atoms with Crippen LogP contribution in [-0.2, 0) is 6.42 Å². The molecular formula is C19H17FN8. The van der Waals surface area contributed by atoms with E-state index in [0.29, 0.717) is 11.6 Å². The fraction of sp³-hybridized carbons (Fsp3) is 0.263. The Hall–Kier alpha value is -3.33. The smallest absolute Gasteiger partial charge is 0.157 e. The Morgan fingerprint density at radius 2 is 2.18 bits per heavy atom. The predicted molar refractivity (Wildman–Crippen MR) is 99.4 cm³/mol. The Labute approximate surface area is 159 Å². The van der Waals surface area contributed by atoms with Crippen molar-refractivity contribution in [2.24, 2.45) is 0 Å². The Morgan fingerprint density at radius 1 is 1.25 bits per heavy atom. The number of imidazole rings is 1. The van der Waals surface area contributed by atoms with Crippen LogP contribution >= 0.6 is 0 Å². The van der Waals surface area contributed by atoms with E-state index in [9.17, 15) is 4.39 Å². The number of hydrogen-bond donors (Lipinski definition) is 2. The van der Waals surface area contributed by atoms with Crippen LogP contribution < -0.4 is 10.2 Å². The van der Waals surface area contributed by atoms with Crippen LogP contribution in [0.2, 0.25) is 0 Å². The molecule has 140 valence electrons. The van der Waals surface area contributed by atoms with Gasteiger partial charge in [0.2, 0.25) is 0 Å². The Balaban J connectivity index is 1.54. The van der Waals surface area contributed by atoms with Gasteiger partial charge in [0.25, 0.3) is 0 Å². The number of anilines is 1. The van der Waals surface area contributed by atoms with E-state index in [0.717, 1.165) is 48.0 Å². The summed E-state index contributed by atoms with van der Waals surface area (Å²) in [4.78, 5) is 9.98. The molecular weight excluding hydrogens is 359 g/mol. The molecule has 28 heavy (non-hydrogen) atoms. The van der Waals surface area contributed by atoms with Gasteiger partial charge in [0.1, 0.15) is 17.4 Å². The first kappa shape index (κ1) is 15.7. The molecule has 4 aromatic heterocycles. The van der Waals surface area contributed by atoms with Crippen molar-refractivity contribution in [3.63, 3.8) is 0 Å². The van der Waals surface area contributed by atoms with Crippen LogP contribution in [0.1, 0.15) is 34.7 Å². The van der Waals surface area contributed by atoms with Gasteiger partial charge in [-0.1, -0.05) is 0 Å². The van der Waals surface area contributed by atoms with Crippen molar-refractivity contribution in [2.75, 3.05) is 18.0 Å². The number of nitrogens with one attached hydrogen (secondary N) is 2. The molecule has 0 radical (unpaired) electrons. The first-order valence-corrected chi connectivity index (χ1v) is 9.27. The fourth-order valence-corrected chi connectivity index (χ4v) is 4.05. The molecule has 2 aliphatic heterocycles. The maximum Gasteiger partial charge on any atom is 0.157 e. The highest BCUT2D eigenvalue weighted by Crippen LogP contribution is 2.39. The predicted octanol–water partition coefficient (Wildman–Crippen LogP) is 1.78. The normalized spacial score (nSPS) is 21.1. The molecule has 0 amide bonds. The summed E-state index contributed by atoms with van der Waals surface area (Å²) < 4.78 is 15.8. The molecule has 1 fully saturated rings. The summed E-state index contributed by atoms with van der Waals surface area (Å²) in [6.45, 7) is 1.68. The summed E-state index contributed by atoms with van der Waals surface area (Å²) in [5.74, 6) is 0.530. The minimum Gasteiger partial charge on any atom is -0.348 e. The van der Waals surface area contributed by atoms with E-state index >= 15 is 0 Å². The van der Waals surface area contributed by atoms with E-state index < -0.39 is 0 Å². The van der Waals surface area contributed by atoms with E-state index in [2.05, 4.69) is 35.5 Å². The van der Waals surface area contributed by atoms with E-state index in [1.54, 1.807) is 35.4 Å². The number of aromatic nitrogens is 6. The lowest BCUT2D eigenvalue weighted by atomic mass is 9.98. The van der Waals surface area contributed by atoms with Gasteiger partial charge in [0.05, 0.1) is 23.9 Å². The maximum absolute atomic E-state index is 14.3. The number of rotatable bonds is 3. The molecule has 1 saturated heterocycles. The molecule has 6 heterocycles. The molecule has 2 N–H and O–H groups in total. The van der Waals surface area contributed by atoms with Gasteiger partial charge >= 0.3 is 0 Å². The number of pyridine rings is 1. The van der Waals surface area contributed by atoms with Gasteiger partial charge in [-0.05, 0) is 24.3 Å². The highest BCUT2D eigenvalue weighted by Gasteiger charge is 2.37. The minimum atomic E-state index is -0.298. The number of nitrogens with zero attached hydrogens (tertiary/aromatic N) is 6. The van der Waals surface area contributed by atoms with Gasteiger partial charge in [-0.3, -0.25) is 0 Å². The average molecular weight is 376 g/mol. The molecule has 4 aromatic rings. The third kappa shape index (κ3) is 2.32. The molecule has 9 heteroatoms. The number of H-pyrrole nitrogens is 1. The van der Waals surface area contributed by atoms with E-state index in [-0.39, 0.29) is 11.9 Å². The minimum absolute atomic E-state index is 0.261. The zero-order valence-electron chi connectivity index (χ0n) is 14.9. The van der Waals surface area contributed by atoms with Gasteiger partial charge in [-0.25, -0.2) is 13.9 Å².